The Morgan fingerprint density at radius 1 is 1.39 bits per heavy atom. The summed E-state index contributed by atoms with van der Waals surface area (Å²) in [7, 11) is 1.87. The number of likely N-dealkylation sites (N-methyl/N-ethyl adjacent to an activating group) is 1. The Kier molecular flexibility index (Phi) is 5.32. The number of nitrogens with zero attached hydrogens (tertiary/aromatic N) is 5. The van der Waals surface area contributed by atoms with Crippen molar-refractivity contribution in [2.45, 2.75) is 39.9 Å². The Bertz CT molecular complexity index is 940. The van der Waals surface area contributed by atoms with E-state index in [1.54, 1.807) is 28.8 Å². The van der Waals surface area contributed by atoms with Gasteiger partial charge in [0.15, 0.2) is 0 Å². The molecule has 3 aromatic heterocycles. The minimum Gasteiger partial charge on any atom is -0.361 e. The minimum atomic E-state index is 0.108. The average molecular weight is 400 g/mol. The Labute approximate surface area is 168 Å². The van der Waals surface area contributed by atoms with Crippen LogP contribution in [0.4, 0.5) is 0 Å². The van der Waals surface area contributed by atoms with E-state index in [2.05, 4.69) is 15.0 Å². The molecule has 4 heterocycles. The number of amides is 1. The molecule has 1 aliphatic rings. The summed E-state index contributed by atoms with van der Waals surface area (Å²) in [6.07, 6.45) is 6.35. The van der Waals surface area contributed by atoms with Crippen LogP contribution < -0.4 is 0 Å². The second-order valence-corrected chi connectivity index (χ2v) is 8.31. The number of hydrogen-bond acceptors (Lipinski definition) is 6. The first kappa shape index (κ1) is 18.9. The summed E-state index contributed by atoms with van der Waals surface area (Å²) in [5, 5.41) is 6.08. The highest BCUT2D eigenvalue weighted by molar-refractivity contribution is 7.10. The van der Waals surface area contributed by atoms with Crippen molar-refractivity contribution in [1.29, 1.82) is 0 Å². The van der Waals surface area contributed by atoms with Crippen LogP contribution in [0.1, 0.15) is 37.8 Å². The van der Waals surface area contributed by atoms with Gasteiger partial charge in [-0.25, -0.2) is 4.98 Å². The van der Waals surface area contributed by atoms with Crippen LogP contribution in [-0.4, -0.2) is 50.6 Å². The quantitative estimate of drug-likeness (QED) is 0.638. The smallest absolute Gasteiger partial charge is 0.254 e. The number of fused-ring (bicyclic) bond motifs is 1. The van der Waals surface area contributed by atoms with Gasteiger partial charge in [-0.1, -0.05) is 5.16 Å². The SMILES string of the molecule is Cc1noc(C)c1CN1CCc2c(C(=O)N(C)CCn3ccnc3)csc2C1. The maximum Gasteiger partial charge on any atom is 0.254 e. The molecule has 0 radical (unpaired) electrons. The molecule has 148 valence electrons. The topological polar surface area (TPSA) is 67.4 Å². The minimum absolute atomic E-state index is 0.108. The van der Waals surface area contributed by atoms with Gasteiger partial charge < -0.3 is 14.0 Å². The lowest BCUT2D eigenvalue weighted by Gasteiger charge is -2.27. The number of hydrogen-bond donors (Lipinski definition) is 0. The molecule has 0 saturated carbocycles. The van der Waals surface area contributed by atoms with Crippen molar-refractivity contribution in [2.75, 3.05) is 20.1 Å². The zero-order chi connectivity index (χ0) is 19.7. The van der Waals surface area contributed by atoms with E-state index in [9.17, 15) is 4.79 Å². The monoisotopic (exact) mass is 399 g/mol. The van der Waals surface area contributed by atoms with E-state index in [0.717, 1.165) is 49.6 Å². The highest BCUT2D eigenvalue weighted by Crippen LogP contribution is 2.30. The van der Waals surface area contributed by atoms with Crippen LogP contribution in [0.5, 0.6) is 0 Å². The van der Waals surface area contributed by atoms with Gasteiger partial charge in [0.25, 0.3) is 5.91 Å². The summed E-state index contributed by atoms with van der Waals surface area (Å²) in [5.41, 5.74) is 4.23. The van der Waals surface area contributed by atoms with E-state index in [1.165, 1.54) is 16.0 Å². The van der Waals surface area contributed by atoms with Crippen LogP contribution >= 0.6 is 11.3 Å². The van der Waals surface area contributed by atoms with Crippen molar-refractivity contribution < 1.29 is 9.32 Å². The number of imidazole rings is 1. The fraction of sp³-hybridized carbons (Fsp3) is 0.450. The Morgan fingerprint density at radius 2 is 2.25 bits per heavy atom. The number of carbonyl (C=O) groups excluding carboxylic acids is 1. The average Bonchev–Trinajstić information content (AvgIpc) is 3.42. The largest absolute Gasteiger partial charge is 0.361 e. The van der Waals surface area contributed by atoms with Crippen LogP contribution in [0.2, 0.25) is 0 Å². The lowest BCUT2D eigenvalue weighted by Crippen LogP contribution is -2.33. The molecule has 1 amide bonds. The number of thiophene rings is 1. The molecular weight excluding hydrogens is 374 g/mol. The number of carbonyl (C=O) groups is 1. The molecule has 3 aromatic rings. The molecule has 0 saturated heterocycles. The first-order valence-electron chi connectivity index (χ1n) is 9.47. The fourth-order valence-electron chi connectivity index (χ4n) is 3.64. The second kappa shape index (κ2) is 7.89. The Hall–Kier alpha value is -2.45. The van der Waals surface area contributed by atoms with Gasteiger partial charge in [0.1, 0.15) is 5.76 Å². The zero-order valence-corrected chi connectivity index (χ0v) is 17.3. The van der Waals surface area contributed by atoms with Crippen molar-refractivity contribution in [1.82, 2.24) is 24.5 Å². The molecule has 0 spiro atoms. The molecule has 8 heteroatoms. The standard InChI is InChI=1S/C20H25N5O2S/c1-14-17(15(2)27-22-14)10-25-6-4-16-18(12-28-19(16)11-25)20(26)23(3)8-9-24-7-5-21-13-24/h5,7,12-13H,4,6,8-11H2,1-3H3. The summed E-state index contributed by atoms with van der Waals surface area (Å²) in [6.45, 7) is 8.02. The van der Waals surface area contributed by atoms with Crippen molar-refractivity contribution in [2.24, 2.45) is 0 Å². The van der Waals surface area contributed by atoms with Gasteiger partial charge in [0.05, 0.1) is 17.6 Å². The van der Waals surface area contributed by atoms with Gasteiger partial charge >= 0.3 is 0 Å². The zero-order valence-electron chi connectivity index (χ0n) is 16.5. The highest BCUT2D eigenvalue weighted by atomic mass is 32.1. The van der Waals surface area contributed by atoms with Gasteiger partial charge in [-0.3, -0.25) is 9.69 Å². The van der Waals surface area contributed by atoms with Gasteiger partial charge in [0.2, 0.25) is 0 Å². The number of aromatic nitrogens is 3. The first-order chi connectivity index (χ1) is 13.5. The fourth-order valence-corrected chi connectivity index (χ4v) is 4.75. The summed E-state index contributed by atoms with van der Waals surface area (Å²) >= 11 is 1.69. The normalized spacial score (nSPS) is 14.2. The summed E-state index contributed by atoms with van der Waals surface area (Å²) in [4.78, 5) is 22.5. The highest BCUT2D eigenvalue weighted by Gasteiger charge is 2.26. The maximum atomic E-state index is 12.9. The van der Waals surface area contributed by atoms with Crippen molar-refractivity contribution in [3.8, 4) is 0 Å². The number of rotatable bonds is 6. The molecule has 4 rings (SSSR count). The van der Waals surface area contributed by atoms with Crippen LogP contribution in [0.25, 0.3) is 0 Å². The molecule has 7 nitrogen and oxygen atoms in total. The van der Waals surface area contributed by atoms with E-state index < -0.39 is 0 Å². The molecular formula is C20H25N5O2S. The van der Waals surface area contributed by atoms with E-state index in [1.807, 2.05) is 37.0 Å². The third kappa shape index (κ3) is 3.74. The molecule has 0 fully saturated rings. The van der Waals surface area contributed by atoms with Crippen molar-refractivity contribution in [3.63, 3.8) is 0 Å². The van der Waals surface area contributed by atoms with Crippen LogP contribution in [0.3, 0.4) is 0 Å². The summed E-state index contributed by atoms with van der Waals surface area (Å²) in [5.74, 6) is 1.00. The molecule has 0 unspecified atom stereocenters. The van der Waals surface area contributed by atoms with Crippen molar-refractivity contribution in [3.05, 3.63) is 57.1 Å². The van der Waals surface area contributed by atoms with Gasteiger partial charge in [-0.05, 0) is 25.8 Å². The third-order valence-electron chi connectivity index (χ3n) is 5.42. The number of aryl methyl sites for hydroxylation is 2. The van der Waals surface area contributed by atoms with Crippen LogP contribution in [0.15, 0.2) is 28.6 Å². The van der Waals surface area contributed by atoms with E-state index in [4.69, 9.17) is 4.52 Å². The molecule has 28 heavy (non-hydrogen) atoms. The molecule has 0 atom stereocenters. The third-order valence-corrected chi connectivity index (χ3v) is 6.43. The van der Waals surface area contributed by atoms with Crippen molar-refractivity contribution >= 4 is 17.2 Å². The molecule has 0 aliphatic carbocycles. The predicted octanol–water partition coefficient (Wildman–Crippen LogP) is 2.88. The second-order valence-electron chi connectivity index (χ2n) is 7.34. The van der Waals surface area contributed by atoms with E-state index in [-0.39, 0.29) is 5.91 Å². The van der Waals surface area contributed by atoms with Gasteiger partial charge in [-0.2, -0.15) is 0 Å². The Morgan fingerprint density at radius 3 is 2.96 bits per heavy atom. The first-order valence-corrected chi connectivity index (χ1v) is 10.4. The lowest BCUT2D eigenvalue weighted by molar-refractivity contribution is 0.0789. The van der Waals surface area contributed by atoms with E-state index in [0.29, 0.717) is 6.54 Å². The van der Waals surface area contributed by atoms with E-state index >= 15 is 0 Å². The molecule has 1 aliphatic heterocycles. The van der Waals surface area contributed by atoms with Gasteiger partial charge in [-0.15, -0.1) is 11.3 Å². The summed E-state index contributed by atoms with van der Waals surface area (Å²) < 4.78 is 7.27. The van der Waals surface area contributed by atoms with Gasteiger partial charge in [0, 0.05) is 68.0 Å². The summed E-state index contributed by atoms with van der Waals surface area (Å²) in [6, 6.07) is 0. The predicted molar refractivity (Wildman–Crippen MR) is 107 cm³/mol. The molecule has 0 bridgehead atoms. The van der Waals surface area contributed by atoms with Crippen LogP contribution in [-0.2, 0) is 26.1 Å². The molecule has 0 aromatic carbocycles. The van der Waals surface area contributed by atoms with Crippen LogP contribution in [0, 0.1) is 13.8 Å². The molecule has 0 N–H and O–H groups in total. The Balaban J connectivity index is 1.41. The maximum absolute atomic E-state index is 12.9. The lowest BCUT2D eigenvalue weighted by atomic mass is 10.0.